The fourth-order valence-electron chi connectivity index (χ4n) is 4.10. The number of oxazole rings is 1. The van der Waals surface area contributed by atoms with Crippen molar-refractivity contribution in [2.75, 3.05) is 40.3 Å². The van der Waals surface area contributed by atoms with E-state index >= 15 is 0 Å². The molecule has 2 aromatic carbocycles. The van der Waals surface area contributed by atoms with E-state index in [-0.39, 0.29) is 11.7 Å². The molecule has 9 heteroatoms. The van der Waals surface area contributed by atoms with E-state index < -0.39 is 12.1 Å². The van der Waals surface area contributed by atoms with Crippen molar-refractivity contribution in [2.45, 2.75) is 31.5 Å². The van der Waals surface area contributed by atoms with Crippen molar-refractivity contribution in [1.82, 2.24) is 20.1 Å². The number of hydrogen-bond acceptors (Lipinski definition) is 7. The summed E-state index contributed by atoms with van der Waals surface area (Å²) in [5.41, 5.74) is 4.22. The molecule has 1 amide bonds. The number of fused-ring (bicyclic) bond motifs is 1. The van der Waals surface area contributed by atoms with Gasteiger partial charge in [0.2, 0.25) is 0 Å². The summed E-state index contributed by atoms with van der Waals surface area (Å²) < 4.78 is 12.6. The van der Waals surface area contributed by atoms with Gasteiger partial charge in [-0.25, -0.2) is 4.79 Å². The molecule has 1 unspecified atom stereocenters. The third-order valence-electron chi connectivity index (χ3n) is 6.08. The Morgan fingerprint density at radius 1 is 1.26 bits per heavy atom. The summed E-state index contributed by atoms with van der Waals surface area (Å²) in [6, 6.07) is 15.1. The van der Waals surface area contributed by atoms with Crippen molar-refractivity contribution in [1.29, 1.82) is 5.26 Å². The standard InChI is InChI=1S/C26H31N5O4/c1-30(2)11-12-31-22-15-20(8-9-23(22)35-26(31)33)19-6-4-18(5-7-19)14-21(16-27)29-25(32)24-17-28-10-3-13-34-24/h4-9,15,21,24,28H,3,10-14,17H2,1-2H3,(H,29,32)/t21?,24-/m0/s1. The number of aromatic nitrogens is 1. The van der Waals surface area contributed by atoms with Gasteiger partial charge in [0.05, 0.1) is 11.6 Å². The molecule has 0 radical (unpaired) electrons. The fraction of sp³-hybridized carbons (Fsp3) is 0.423. The maximum absolute atomic E-state index is 12.5. The number of amides is 1. The highest BCUT2D eigenvalue weighted by molar-refractivity contribution is 5.82. The normalized spacial score (nSPS) is 17.1. The summed E-state index contributed by atoms with van der Waals surface area (Å²) in [5, 5.41) is 15.5. The predicted octanol–water partition coefficient (Wildman–Crippen LogP) is 1.75. The molecule has 1 fully saturated rings. The van der Waals surface area contributed by atoms with Crippen molar-refractivity contribution in [2.24, 2.45) is 0 Å². The van der Waals surface area contributed by atoms with Crippen molar-refractivity contribution in [3.63, 3.8) is 0 Å². The van der Waals surface area contributed by atoms with E-state index in [1.165, 1.54) is 0 Å². The quantitative estimate of drug-likeness (QED) is 0.508. The number of nitriles is 1. The topological polar surface area (TPSA) is 113 Å². The van der Waals surface area contributed by atoms with Crippen LogP contribution in [0, 0.1) is 11.3 Å². The summed E-state index contributed by atoms with van der Waals surface area (Å²) in [7, 11) is 3.93. The molecule has 184 valence electrons. The van der Waals surface area contributed by atoms with Gasteiger partial charge in [-0.1, -0.05) is 30.3 Å². The largest absolute Gasteiger partial charge is 0.419 e. The average Bonchev–Trinajstić information content (AvgIpc) is 3.00. The smallest absolute Gasteiger partial charge is 0.408 e. The van der Waals surface area contributed by atoms with Gasteiger partial charge in [-0.3, -0.25) is 9.36 Å². The number of rotatable bonds is 8. The van der Waals surface area contributed by atoms with E-state index in [0.29, 0.717) is 31.7 Å². The Bertz CT molecular complexity index is 1250. The summed E-state index contributed by atoms with van der Waals surface area (Å²) in [6.45, 7) is 3.07. The third-order valence-corrected chi connectivity index (χ3v) is 6.08. The SMILES string of the molecule is CN(C)CCn1c(=O)oc2ccc(-c3ccc(CC(C#N)NC(=O)[C@@H]4CNCCCO4)cc3)cc21. The minimum absolute atomic E-state index is 0.267. The third kappa shape index (κ3) is 6.17. The number of likely N-dealkylation sites (N-methyl/N-ethyl adjacent to an activating group) is 1. The molecule has 0 bridgehead atoms. The van der Waals surface area contributed by atoms with Gasteiger partial charge in [-0.2, -0.15) is 5.26 Å². The van der Waals surface area contributed by atoms with Crippen LogP contribution in [-0.4, -0.2) is 67.9 Å². The molecule has 1 aliphatic rings. The Morgan fingerprint density at radius 3 is 2.77 bits per heavy atom. The summed E-state index contributed by atoms with van der Waals surface area (Å²) >= 11 is 0. The zero-order valence-corrected chi connectivity index (χ0v) is 20.1. The van der Waals surface area contributed by atoms with Crippen LogP contribution in [0.2, 0.25) is 0 Å². The lowest BCUT2D eigenvalue weighted by molar-refractivity contribution is -0.132. The highest BCUT2D eigenvalue weighted by atomic mass is 16.5. The summed E-state index contributed by atoms with van der Waals surface area (Å²) in [5.74, 6) is -0.625. The minimum Gasteiger partial charge on any atom is -0.408 e. The molecule has 0 aliphatic carbocycles. The Kier molecular flexibility index (Phi) is 7.98. The molecule has 3 aromatic rings. The molecule has 1 saturated heterocycles. The average molecular weight is 478 g/mol. The molecule has 1 aliphatic heterocycles. The van der Waals surface area contributed by atoms with E-state index in [1.807, 2.05) is 61.5 Å². The van der Waals surface area contributed by atoms with Crippen LogP contribution < -0.4 is 16.4 Å². The van der Waals surface area contributed by atoms with Crippen molar-refractivity contribution in [3.05, 3.63) is 58.6 Å². The molecule has 0 spiro atoms. The minimum atomic E-state index is -0.645. The molecule has 35 heavy (non-hydrogen) atoms. The van der Waals surface area contributed by atoms with Gasteiger partial charge in [0.25, 0.3) is 5.91 Å². The van der Waals surface area contributed by atoms with E-state index in [0.717, 1.165) is 41.7 Å². The van der Waals surface area contributed by atoms with E-state index in [9.17, 15) is 14.9 Å². The van der Waals surface area contributed by atoms with Crippen molar-refractivity contribution in [3.8, 4) is 17.2 Å². The first-order valence-corrected chi connectivity index (χ1v) is 11.8. The van der Waals surface area contributed by atoms with Gasteiger partial charge in [0.1, 0.15) is 12.1 Å². The van der Waals surface area contributed by atoms with Crippen LogP contribution in [0.3, 0.4) is 0 Å². The Balaban J connectivity index is 1.45. The Labute approximate surface area is 204 Å². The first-order valence-electron chi connectivity index (χ1n) is 11.8. The summed E-state index contributed by atoms with van der Waals surface area (Å²) in [4.78, 5) is 26.8. The highest BCUT2D eigenvalue weighted by Crippen LogP contribution is 2.25. The van der Waals surface area contributed by atoms with E-state index in [1.54, 1.807) is 4.57 Å². The van der Waals surface area contributed by atoms with Gasteiger partial charge < -0.3 is 24.7 Å². The highest BCUT2D eigenvalue weighted by Gasteiger charge is 2.23. The van der Waals surface area contributed by atoms with Crippen LogP contribution in [0.25, 0.3) is 22.2 Å². The molecule has 2 heterocycles. The zero-order valence-electron chi connectivity index (χ0n) is 20.1. The number of carbonyl (C=O) groups excluding carboxylic acids is 1. The second kappa shape index (κ2) is 11.3. The number of benzene rings is 2. The predicted molar refractivity (Wildman–Crippen MR) is 133 cm³/mol. The van der Waals surface area contributed by atoms with Crippen LogP contribution >= 0.6 is 0 Å². The van der Waals surface area contributed by atoms with E-state index in [2.05, 4.69) is 16.7 Å². The van der Waals surface area contributed by atoms with Gasteiger partial charge >= 0.3 is 5.76 Å². The lowest BCUT2D eigenvalue weighted by Crippen LogP contribution is -2.46. The Hall–Kier alpha value is -3.45. The van der Waals surface area contributed by atoms with E-state index in [4.69, 9.17) is 9.15 Å². The molecule has 2 N–H and O–H groups in total. The van der Waals surface area contributed by atoms with Gasteiger partial charge in [-0.15, -0.1) is 0 Å². The van der Waals surface area contributed by atoms with Gasteiger partial charge in [-0.05, 0) is 55.9 Å². The summed E-state index contributed by atoms with van der Waals surface area (Å²) in [6.07, 6.45) is 0.677. The molecule has 4 rings (SSSR count). The van der Waals surface area contributed by atoms with Crippen LogP contribution in [0.15, 0.2) is 51.7 Å². The molecule has 1 aromatic heterocycles. The van der Waals surface area contributed by atoms with Crippen LogP contribution in [-0.2, 0) is 22.5 Å². The molecular weight excluding hydrogens is 446 g/mol. The number of ether oxygens (including phenoxy) is 1. The number of carbonyl (C=O) groups is 1. The fourth-order valence-corrected chi connectivity index (χ4v) is 4.10. The van der Waals surface area contributed by atoms with Crippen molar-refractivity contribution >= 4 is 17.0 Å². The second-order valence-corrected chi connectivity index (χ2v) is 9.01. The second-order valence-electron chi connectivity index (χ2n) is 9.01. The number of nitrogens with zero attached hydrogens (tertiary/aromatic N) is 3. The van der Waals surface area contributed by atoms with Crippen LogP contribution in [0.5, 0.6) is 0 Å². The number of hydrogen-bond donors (Lipinski definition) is 2. The monoisotopic (exact) mass is 477 g/mol. The first kappa shape index (κ1) is 24.7. The molecule has 2 atom stereocenters. The van der Waals surface area contributed by atoms with Crippen LogP contribution in [0.4, 0.5) is 0 Å². The molecule has 9 nitrogen and oxygen atoms in total. The number of nitrogens with one attached hydrogen (secondary N) is 2. The van der Waals surface area contributed by atoms with Crippen molar-refractivity contribution < 1.29 is 13.9 Å². The van der Waals surface area contributed by atoms with Gasteiger partial charge in [0.15, 0.2) is 5.58 Å². The zero-order chi connectivity index (χ0) is 24.8. The first-order chi connectivity index (χ1) is 16.9. The van der Waals surface area contributed by atoms with Gasteiger partial charge in [0, 0.05) is 32.7 Å². The lowest BCUT2D eigenvalue weighted by Gasteiger charge is -2.18. The maximum atomic E-state index is 12.5. The van der Waals surface area contributed by atoms with Crippen LogP contribution in [0.1, 0.15) is 12.0 Å². The molecular formula is C26H31N5O4. The maximum Gasteiger partial charge on any atom is 0.419 e. The Morgan fingerprint density at radius 2 is 2.03 bits per heavy atom. The molecule has 0 saturated carbocycles. The lowest BCUT2D eigenvalue weighted by atomic mass is 10.0.